The number of carbonyl (C=O) groups excluding carboxylic acids is 1. The van der Waals surface area contributed by atoms with Gasteiger partial charge in [-0.3, -0.25) is 4.79 Å². The SMILES string of the molecule is COc1ccc(C(=O)N(C)CC(C)C)cc1. The van der Waals surface area contributed by atoms with E-state index in [0.717, 1.165) is 12.3 Å². The highest BCUT2D eigenvalue weighted by Crippen LogP contribution is 2.13. The van der Waals surface area contributed by atoms with Gasteiger partial charge in [0.2, 0.25) is 0 Å². The van der Waals surface area contributed by atoms with Crippen molar-refractivity contribution in [3.8, 4) is 5.75 Å². The van der Waals surface area contributed by atoms with Crippen LogP contribution in [0.5, 0.6) is 5.75 Å². The van der Waals surface area contributed by atoms with Gasteiger partial charge in [0.15, 0.2) is 0 Å². The lowest BCUT2D eigenvalue weighted by Crippen LogP contribution is -2.30. The van der Waals surface area contributed by atoms with E-state index in [1.165, 1.54) is 0 Å². The Bertz CT molecular complexity index is 343. The lowest BCUT2D eigenvalue weighted by Gasteiger charge is -2.19. The molecule has 0 N–H and O–H groups in total. The van der Waals surface area contributed by atoms with E-state index in [1.54, 1.807) is 36.3 Å². The first-order chi connectivity index (χ1) is 7.54. The predicted molar refractivity (Wildman–Crippen MR) is 64.8 cm³/mol. The third kappa shape index (κ3) is 3.26. The van der Waals surface area contributed by atoms with Crippen LogP contribution in [0.25, 0.3) is 0 Å². The van der Waals surface area contributed by atoms with Crippen LogP contribution in [-0.2, 0) is 0 Å². The highest BCUT2D eigenvalue weighted by Gasteiger charge is 2.12. The maximum Gasteiger partial charge on any atom is 0.253 e. The molecule has 16 heavy (non-hydrogen) atoms. The Morgan fingerprint density at radius 1 is 1.31 bits per heavy atom. The van der Waals surface area contributed by atoms with Crippen LogP contribution in [0, 0.1) is 5.92 Å². The normalized spacial score (nSPS) is 10.3. The summed E-state index contributed by atoms with van der Waals surface area (Å²) in [6, 6.07) is 7.18. The first-order valence-corrected chi connectivity index (χ1v) is 5.44. The minimum absolute atomic E-state index is 0.0522. The van der Waals surface area contributed by atoms with Crippen molar-refractivity contribution in [2.24, 2.45) is 5.92 Å². The third-order valence-electron chi connectivity index (χ3n) is 2.32. The molecule has 0 fully saturated rings. The molecule has 0 spiro atoms. The molecule has 88 valence electrons. The molecule has 0 aliphatic heterocycles. The molecule has 3 heteroatoms. The van der Waals surface area contributed by atoms with Gasteiger partial charge >= 0.3 is 0 Å². The van der Waals surface area contributed by atoms with E-state index in [2.05, 4.69) is 13.8 Å². The Labute approximate surface area is 97.0 Å². The van der Waals surface area contributed by atoms with Crippen LogP contribution in [0.4, 0.5) is 0 Å². The highest BCUT2D eigenvalue weighted by atomic mass is 16.5. The zero-order valence-electron chi connectivity index (χ0n) is 10.4. The number of rotatable bonds is 4. The summed E-state index contributed by atoms with van der Waals surface area (Å²) < 4.78 is 5.05. The van der Waals surface area contributed by atoms with Gasteiger partial charge in [0.25, 0.3) is 5.91 Å². The van der Waals surface area contributed by atoms with Crippen LogP contribution in [0.2, 0.25) is 0 Å². The van der Waals surface area contributed by atoms with E-state index in [1.807, 2.05) is 7.05 Å². The van der Waals surface area contributed by atoms with E-state index in [9.17, 15) is 4.79 Å². The topological polar surface area (TPSA) is 29.5 Å². The van der Waals surface area contributed by atoms with E-state index < -0.39 is 0 Å². The Morgan fingerprint density at radius 3 is 2.31 bits per heavy atom. The summed E-state index contributed by atoms with van der Waals surface area (Å²) in [5, 5.41) is 0. The fraction of sp³-hybridized carbons (Fsp3) is 0.462. The molecule has 0 bridgehead atoms. The number of carbonyl (C=O) groups is 1. The number of benzene rings is 1. The summed E-state index contributed by atoms with van der Waals surface area (Å²) in [5.41, 5.74) is 0.698. The van der Waals surface area contributed by atoms with E-state index in [0.29, 0.717) is 11.5 Å². The summed E-state index contributed by atoms with van der Waals surface area (Å²) in [6.45, 7) is 4.96. The van der Waals surface area contributed by atoms with Crippen molar-refractivity contribution in [2.75, 3.05) is 20.7 Å². The average molecular weight is 221 g/mol. The second-order valence-corrected chi connectivity index (χ2v) is 4.31. The molecule has 1 rings (SSSR count). The standard InChI is InChI=1S/C13H19NO2/c1-10(2)9-14(3)13(15)11-5-7-12(16-4)8-6-11/h5-8,10H,9H2,1-4H3. The van der Waals surface area contributed by atoms with Crippen LogP contribution in [0.1, 0.15) is 24.2 Å². The second-order valence-electron chi connectivity index (χ2n) is 4.31. The molecule has 0 heterocycles. The minimum Gasteiger partial charge on any atom is -0.497 e. The van der Waals surface area contributed by atoms with E-state index in [-0.39, 0.29) is 5.91 Å². The molecule has 1 aromatic carbocycles. The molecule has 0 aliphatic carbocycles. The van der Waals surface area contributed by atoms with Gasteiger partial charge in [-0.05, 0) is 30.2 Å². The molecular weight excluding hydrogens is 202 g/mol. The molecule has 0 aliphatic rings. The second kappa shape index (κ2) is 5.54. The summed E-state index contributed by atoms with van der Waals surface area (Å²) in [7, 11) is 3.44. The number of ether oxygens (including phenoxy) is 1. The Hall–Kier alpha value is -1.51. The van der Waals surface area contributed by atoms with Crippen LogP contribution in [0.3, 0.4) is 0 Å². The molecule has 0 aromatic heterocycles. The van der Waals surface area contributed by atoms with Crippen molar-refractivity contribution in [3.63, 3.8) is 0 Å². The van der Waals surface area contributed by atoms with Crippen molar-refractivity contribution < 1.29 is 9.53 Å². The largest absolute Gasteiger partial charge is 0.497 e. The van der Waals surface area contributed by atoms with Gasteiger partial charge in [-0.25, -0.2) is 0 Å². The van der Waals surface area contributed by atoms with Crippen molar-refractivity contribution in [3.05, 3.63) is 29.8 Å². The Morgan fingerprint density at radius 2 is 1.88 bits per heavy atom. The maximum atomic E-state index is 12.0. The summed E-state index contributed by atoms with van der Waals surface area (Å²) in [6.07, 6.45) is 0. The number of hydrogen-bond acceptors (Lipinski definition) is 2. The monoisotopic (exact) mass is 221 g/mol. The van der Waals surface area contributed by atoms with Crippen LogP contribution in [0.15, 0.2) is 24.3 Å². The van der Waals surface area contributed by atoms with Crippen molar-refractivity contribution in [1.29, 1.82) is 0 Å². The Balaban J connectivity index is 2.72. The lowest BCUT2D eigenvalue weighted by atomic mass is 10.1. The molecule has 0 unspecified atom stereocenters. The van der Waals surface area contributed by atoms with Crippen molar-refractivity contribution in [2.45, 2.75) is 13.8 Å². The van der Waals surface area contributed by atoms with E-state index >= 15 is 0 Å². The van der Waals surface area contributed by atoms with Crippen molar-refractivity contribution >= 4 is 5.91 Å². The molecule has 0 saturated carbocycles. The fourth-order valence-electron chi connectivity index (χ4n) is 1.58. The minimum atomic E-state index is 0.0522. The van der Waals surface area contributed by atoms with Gasteiger partial charge in [-0.1, -0.05) is 13.8 Å². The third-order valence-corrected chi connectivity index (χ3v) is 2.32. The number of methoxy groups -OCH3 is 1. The highest BCUT2D eigenvalue weighted by molar-refractivity contribution is 5.94. The summed E-state index contributed by atoms with van der Waals surface area (Å²) >= 11 is 0. The van der Waals surface area contributed by atoms with Crippen LogP contribution >= 0.6 is 0 Å². The number of hydrogen-bond donors (Lipinski definition) is 0. The molecule has 0 saturated heterocycles. The first-order valence-electron chi connectivity index (χ1n) is 5.44. The lowest BCUT2D eigenvalue weighted by molar-refractivity contribution is 0.0779. The number of nitrogens with zero attached hydrogens (tertiary/aromatic N) is 1. The summed E-state index contributed by atoms with van der Waals surface area (Å²) in [5.74, 6) is 1.30. The zero-order chi connectivity index (χ0) is 12.1. The fourth-order valence-corrected chi connectivity index (χ4v) is 1.58. The van der Waals surface area contributed by atoms with Crippen LogP contribution < -0.4 is 4.74 Å². The zero-order valence-corrected chi connectivity index (χ0v) is 10.4. The van der Waals surface area contributed by atoms with Gasteiger partial charge in [-0.2, -0.15) is 0 Å². The molecule has 1 aromatic rings. The molecule has 3 nitrogen and oxygen atoms in total. The average Bonchev–Trinajstić information content (AvgIpc) is 2.27. The number of amides is 1. The molecule has 0 radical (unpaired) electrons. The van der Waals surface area contributed by atoms with Crippen molar-refractivity contribution in [1.82, 2.24) is 4.90 Å². The Kier molecular flexibility index (Phi) is 4.35. The van der Waals surface area contributed by atoms with Gasteiger partial charge in [0.05, 0.1) is 7.11 Å². The predicted octanol–water partition coefficient (Wildman–Crippen LogP) is 2.42. The first kappa shape index (κ1) is 12.6. The van der Waals surface area contributed by atoms with Gasteiger partial charge < -0.3 is 9.64 Å². The molecular formula is C13H19NO2. The molecule has 1 amide bonds. The smallest absolute Gasteiger partial charge is 0.253 e. The maximum absolute atomic E-state index is 12.0. The van der Waals surface area contributed by atoms with E-state index in [4.69, 9.17) is 4.74 Å². The van der Waals surface area contributed by atoms with Gasteiger partial charge in [-0.15, -0.1) is 0 Å². The summed E-state index contributed by atoms with van der Waals surface area (Å²) in [4.78, 5) is 13.7. The quantitative estimate of drug-likeness (QED) is 0.781. The van der Waals surface area contributed by atoms with Gasteiger partial charge in [0.1, 0.15) is 5.75 Å². The van der Waals surface area contributed by atoms with Gasteiger partial charge in [0, 0.05) is 19.2 Å². The molecule has 0 atom stereocenters. The van der Waals surface area contributed by atoms with Crippen LogP contribution in [-0.4, -0.2) is 31.5 Å².